The van der Waals surface area contributed by atoms with Crippen LogP contribution in [0.4, 0.5) is 0 Å². The number of allylic oxidation sites excluding steroid dienone is 1. The smallest absolute Gasteiger partial charge is 0.114 e. The highest BCUT2D eigenvalue weighted by Gasteiger charge is 2.40. The van der Waals surface area contributed by atoms with Crippen LogP contribution in [0.5, 0.6) is 0 Å². The second-order valence-corrected chi connectivity index (χ2v) is 7.06. The first-order valence-electron chi connectivity index (χ1n) is 10.0. The molecule has 0 radical (unpaired) electrons. The van der Waals surface area contributed by atoms with Crippen molar-refractivity contribution in [2.24, 2.45) is 0 Å². The summed E-state index contributed by atoms with van der Waals surface area (Å²) >= 11 is 0. The molecule has 1 aliphatic rings. The molecule has 0 bridgehead atoms. The van der Waals surface area contributed by atoms with E-state index >= 15 is 0 Å². The first-order chi connectivity index (χ1) is 12.2. The van der Waals surface area contributed by atoms with E-state index in [1.165, 1.54) is 51.4 Å². The topological polar surface area (TPSA) is 79.2 Å². The van der Waals surface area contributed by atoms with Gasteiger partial charge in [-0.15, -0.1) is 6.58 Å². The number of hydrogen-bond donors (Lipinski definition) is 3. The highest BCUT2D eigenvalue weighted by Crippen LogP contribution is 2.20. The molecule has 0 aromatic carbocycles. The fraction of sp³-hybridized carbons (Fsp3) is 0.900. The summed E-state index contributed by atoms with van der Waals surface area (Å²) in [5, 5.41) is 28.5. The SMILES string of the molecule is C=CCCCCCCCCCCCCO[C@H]1CO[C@@H]([C@H](O)CO)[C@H]1O. The van der Waals surface area contributed by atoms with Crippen molar-refractivity contribution in [1.29, 1.82) is 0 Å². The van der Waals surface area contributed by atoms with Gasteiger partial charge in [0.05, 0.1) is 13.2 Å². The Balaban J connectivity index is 1.87. The molecule has 5 nitrogen and oxygen atoms in total. The number of ether oxygens (including phenoxy) is 2. The van der Waals surface area contributed by atoms with Crippen molar-refractivity contribution in [3.63, 3.8) is 0 Å². The van der Waals surface area contributed by atoms with Gasteiger partial charge < -0.3 is 24.8 Å². The maximum atomic E-state index is 10.0. The first kappa shape index (κ1) is 22.6. The zero-order valence-electron chi connectivity index (χ0n) is 15.7. The molecule has 4 atom stereocenters. The van der Waals surface area contributed by atoms with Crippen LogP contribution in [0.1, 0.15) is 70.6 Å². The maximum Gasteiger partial charge on any atom is 0.114 e. The lowest BCUT2D eigenvalue weighted by Gasteiger charge is -2.20. The van der Waals surface area contributed by atoms with E-state index in [9.17, 15) is 10.2 Å². The molecule has 148 valence electrons. The second kappa shape index (κ2) is 14.7. The predicted octanol–water partition coefficient (Wildman–Crippen LogP) is 2.96. The quantitative estimate of drug-likeness (QED) is 0.292. The molecule has 3 N–H and O–H groups in total. The Hall–Kier alpha value is -0.460. The molecule has 0 amide bonds. The normalized spacial score (nSPS) is 24.5. The van der Waals surface area contributed by atoms with Crippen LogP contribution in [0.2, 0.25) is 0 Å². The molecule has 5 heteroatoms. The van der Waals surface area contributed by atoms with Gasteiger partial charge in [0, 0.05) is 6.61 Å². The molecule has 0 aromatic rings. The van der Waals surface area contributed by atoms with Crippen molar-refractivity contribution in [3.8, 4) is 0 Å². The Bertz CT molecular complexity index is 323. The van der Waals surface area contributed by atoms with Gasteiger partial charge in [0.1, 0.15) is 24.4 Å². The number of aliphatic hydroxyl groups excluding tert-OH is 3. The van der Waals surface area contributed by atoms with Crippen LogP contribution in [-0.4, -0.2) is 59.6 Å². The highest BCUT2D eigenvalue weighted by molar-refractivity contribution is 4.88. The van der Waals surface area contributed by atoms with E-state index in [4.69, 9.17) is 14.6 Å². The van der Waals surface area contributed by atoms with Crippen LogP contribution < -0.4 is 0 Å². The minimum Gasteiger partial charge on any atom is -0.394 e. The lowest BCUT2D eigenvalue weighted by atomic mass is 10.1. The number of aliphatic hydroxyl groups is 3. The second-order valence-electron chi connectivity index (χ2n) is 7.06. The fourth-order valence-corrected chi connectivity index (χ4v) is 3.24. The Morgan fingerprint density at radius 2 is 1.56 bits per heavy atom. The third-order valence-electron chi connectivity index (χ3n) is 4.87. The molecule has 1 heterocycles. The van der Waals surface area contributed by atoms with E-state index in [0.29, 0.717) is 6.61 Å². The summed E-state index contributed by atoms with van der Waals surface area (Å²) in [4.78, 5) is 0. The molecule has 1 rings (SSSR count). The minimum atomic E-state index is -1.05. The molecule has 1 aliphatic heterocycles. The van der Waals surface area contributed by atoms with E-state index in [-0.39, 0.29) is 6.61 Å². The van der Waals surface area contributed by atoms with Crippen LogP contribution in [0.3, 0.4) is 0 Å². The Labute approximate surface area is 153 Å². The summed E-state index contributed by atoms with van der Waals surface area (Å²) in [5.41, 5.74) is 0. The van der Waals surface area contributed by atoms with Crippen molar-refractivity contribution in [1.82, 2.24) is 0 Å². The molecular formula is C20H38O5. The number of unbranched alkanes of at least 4 members (excludes halogenated alkanes) is 10. The average Bonchev–Trinajstić information content (AvgIpc) is 2.99. The van der Waals surface area contributed by atoms with E-state index in [1.807, 2.05) is 6.08 Å². The van der Waals surface area contributed by atoms with Gasteiger partial charge in [-0.05, 0) is 19.3 Å². The lowest BCUT2D eigenvalue weighted by molar-refractivity contribution is -0.0730. The van der Waals surface area contributed by atoms with Crippen molar-refractivity contribution < 1.29 is 24.8 Å². The summed E-state index contributed by atoms with van der Waals surface area (Å²) in [5.74, 6) is 0. The molecule has 0 aromatic heterocycles. The predicted molar refractivity (Wildman–Crippen MR) is 99.6 cm³/mol. The van der Waals surface area contributed by atoms with Gasteiger partial charge in [-0.25, -0.2) is 0 Å². The Morgan fingerprint density at radius 1 is 1.00 bits per heavy atom. The first-order valence-corrected chi connectivity index (χ1v) is 10.0. The van der Waals surface area contributed by atoms with Gasteiger partial charge in [0.25, 0.3) is 0 Å². The molecule has 0 spiro atoms. The van der Waals surface area contributed by atoms with Crippen LogP contribution in [0.25, 0.3) is 0 Å². The van der Waals surface area contributed by atoms with E-state index in [2.05, 4.69) is 6.58 Å². The van der Waals surface area contributed by atoms with Crippen LogP contribution >= 0.6 is 0 Å². The van der Waals surface area contributed by atoms with Gasteiger partial charge in [0.2, 0.25) is 0 Å². The highest BCUT2D eigenvalue weighted by atomic mass is 16.6. The largest absolute Gasteiger partial charge is 0.394 e. The average molecular weight is 359 g/mol. The van der Waals surface area contributed by atoms with Gasteiger partial charge in [-0.3, -0.25) is 0 Å². The number of hydrogen-bond acceptors (Lipinski definition) is 5. The summed E-state index contributed by atoms with van der Waals surface area (Å²) in [7, 11) is 0. The third kappa shape index (κ3) is 9.71. The van der Waals surface area contributed by atoms with Gasteiger partial charge in [-0.1, -0.05) is 57.4 Å². The van der Waals surface area contributed by atoms with Crippen LogP contribution in [-0.2, 0) is 9.47 Å². The van der Waals surface area contributed by atoms with Crippen LogP contribution in [0, 0.1) is 0 Å². The van der Waals surface area contributed by atoms with Crippen molar-refractivity contribution in [3.05, 3.63) is 12.7 Å². The monoisotopic (exact) mass is 358 g/mol. The molecule has 1 fully saturated rings. The molecule has 1 saturated heterocycles. The van der Waals surface area contributed by atoms with E-state index in [1.54, 1.807) is 0 Å². The zero-order chi connectivity index (χ0) is 18.3. The summed E-state index contributed by atoms with van der Waals surface area (Å²) in [6.07, 6.45) is 12.7. The maximum absolute atomic E-state index is 10.0. The third-order valence-corrected chi connectivity index (χ3v) is 4.87. The molecule has 0 aliphatic carbocycles. The number of rotatable bonds is 16. The molecule has 0 saturated carbocycles. The minimum absolute atomic E-state index is 0.274. The van der Waals surface area contributed by atoms with Crippen molar-refractivity contribution in [2.45, 2.75) is 95.0 Å². The van der Waals surface area contributed by atoms with Crippen molar-refractivity contribution >= 4 is 0 Å². The van der Waals surface area contributed by atoms with Crippen molar-refractivity contribution in [2.75, 3.05) is 19.8 Å². The van der Waals surface area contributed by atoms with Gasteiger partial charge in [-0.2, -0.15) is 0 Å². The van der Waals surface area contributed by atoms with E-state index < -0.39 is 31.0 Å². The zero-order valence-corrected chi connectivity index (χ0v) is 15.7. The lowest BCUT2D eigenvalue weighted by Crippen LogP contribution is -2.41. The Morgan fingerprint density at radius 3 is 2.12 bits per heavy atom. The molecule has 0 unspecified atom stereocenters. The fourth-order valence-electron chi connectivity index (χ4n) is 3.24. The van der Waals surface area contributed by atoms with Gasteiger partial charge >= 0.3 is 0 Å². The van der Waals surface area contributed by atoms with Crippen LogP contribution in [0.15, 0.2) is 12.7 Å². The standard InChI is InChI=1S/C20H38O5/c1-2-3-4-5-6-7-8-9-10-11-12-13-14-24-18-16-25-20(19(18)23)17(22)15-21/h2,17-23H,1,3-16H2/t17-,18+,19+,20+/m1/s1. The summed E-state index contributed by atoms with van der Waals surface area (Å²) < 4.78 is 11.0. The Kier molecular flexibility index (Phi) is 13.3. The van der Waals surface area contributed by atoms with Gasteiger partial charge in [0.15, 0.2) is 0 Å². The summed E-state index contributed by atoms with van der Waals surface area (Å²) in [6.45, 7) is 4.21. The molecule has 25 heavy (non-hydrogen) atoms. The summed E-state index contributed by atoms with van der Waals surface area (Å²) in [6, 6.07) is 0. The molecular weight excluding hydrogens is 320 g/mol. The van der Waals surface area contributed by atoms with E-state index in [0.717, 1.165) is 19.3 Å².